The lowest BCUT2D eigenvalue weighted by molar-refractivity contribution is -0.191. The molecule has 6 heteroatoms. The molecule has 0 aromatic heterocycles. The summed E-state index contributed by atoms with van der Waals surface area (Å²) in [6.07, 6.45) is 1.34. The molecule has 1 atom stereocenters. The molecule has 1 saturated heterocycles. The Morgan fingerprint density at radius 3 is 2.47 bits per heavy atom. The van der Waals surface area contributed by atoms with E-state index in [0.717, 1.165) is 6.42 Å². The number of hydrogen-bond donors (Lipinski definition) is 0. The van der Waals surface area contributed by atoms with Crippen LogP contribution in [0.1, 0.15) is 40.0 Å². The highest BCUT2D eigenvalue weighted by atomic mass is 16.6. The number of carbonyl (C=O) groups is 2. The van der Waals surface area contributed by atoms with Gasteiger partial charge in [0.1, 0.15) is 0 Å². The van der Waals surface area contributed by atoms with E-state index >= 15 is 0 Å². The van der Waals surface area contributed by atoms with Crippen LogP contribution < -0.4 is 0 Å². The van der Waals surface area contributed by atoms with E-state index in [9.17, 15) is 9.59 Å². The van der Waals surface area contributed by atoms with Gasteiger partial charge in [0.15, 0.2) is 0 Å². The molecular formula is C13H23NO5. The largest absolute Gasteiger partial charge is 0.462 e. The Hall–Kier alpha value is -1.30. The first kappa shape index (κ1) is 15.8. The Bertz CT molecular complexity index is 320. The molecule has 1 fully saturated rings. The van der Waals surface area contributed by atoms with Gasteiger partial charge in [0.05, 0.1) is 13.2 Å². The predicted molar refractivity (Wildman–Crippen MR) is 68.6 cm³/mol. The van der Waals surface area contributed by atoms with Crippen molar-refractivity contribution >= 4 is 12.1 Å². The van der Waals surface area contributed by atoms with Crippen molar-refractivity contribution in [2.45, 2.75) is 45.8 Å². The molecule has 110 valence electrons. The van der Waals surface area contributed by atoms with Gasteiger partial charge in [-0.05, 0) is 26.7 Å². The van der Waals surface area contributed by atoms with E-state index in [1.54, 1.807) is 13.8 Å². The quantitative estimate of drug-likeness (QED) is 0.692. The second kappa shape index (κ2) is 7.33. The number of carbonyl (C=O) groups excluding carboxylic acids is 2. The Morgan fingerprint density at radius 2 is 1.89 bits per heavy atom. The fraction of sp³-hybridized carbons (Fsp3) is 0.846. The van der Waals surface area contributed by atoms with Crippen molar-refractivity contribution in [3.8, 4) is 0 Å². The average molecular weight is 273 g/mol. The second-order valence-corrected chi connectivity index (χ2v) is 4.31. The van der Waals surface area contributed by atoms with Crippen molar-refractivity contribution in [1.29, 1.82) is 0 Å². The summed E-state index contributed by atoms with van der Waals surface area (Å²) >= 11 is 0. The Balaban J connectivity index is 2.88. The fourth-order valence-corrected chi connectivity index (χ4v) is 2.20. The minimum absolute atomic E-state index is 0.265. The first-order valence-electron chi connectivity index (χ1n) is 6.87. The van der Waals surface area contributed by atoms with Gasteiger partial charge in [0, 0.05) is 19.6 Å². The lowest BCUT2D eigenvalue weighted by atomic mass is 10.1. The lowest BCUT2D eigenvalue weighted by Crippen LogP contribution is -2.56. The molecule has 1 aliphatic rings. The Morgan fingerprint density at radius 1 is 1.16 bits per heavy atom. The summed E-state index contributed by atoms with van der Waals surface area (Å²) in [5.41, 5.74) is -1.31. The van der Waals surface area contributed by atoms with Crippen LogP contribution >= 0.6 is 0 Å². The standard InChI is InChI=1S/C13H23NO5/c1-4-10-18-11(15)13(19-6-3)8-7-9-14(13)12(16)17-5-2/h4-10H2,1-3H3/t13-/m1/s1. The van der Waals surface area contributed by atoms with Crippen molar-refractivity contribution in [2.75, 3.05) is 26.4 Å². The molecule has 1 aliphatic heterocycles. The van der Waals surface area contributed by atoms with E-state index in [-0.39, 0.29) is 6.61 Å². The predicted octanol–water partition coefficient (Wildman–Crippen LogP) is 1.92. The van der Waals surface area contributed by atoms with Gasteiger partial charge in [-0.2, -0.15) is 0 Å². The molecule has 0 aromatic carbocycles. The molecule has 0 aromatic rings. The van der Waals surface area contributed by atoms with E-state index in [1.165, 1.54) is 4.90 Å². The van der Waals surface area contributed by atoms with Gasteiger partial charge in [0.25, 0.3) is 0 Å². The Kier molecular flexibility index (Phi) is 6.08. The van der Waals surface area contributed by atoms with Crippen LogP contribution in [-0.2, 0) is 19.0 Å². The second-order valence-electron chi connectivity index (χ2n) is 4.31. The maximum Gasteiger partial charge on any atom is 0.412 e. The van der Waals surface area contributed by atoms with E-state index in [4.69, 9.17) is 14.2 Å². The molecule has 1 rings (SSSR count). The first-order chi connectivity index (χ1) is 9.12. The smallest absolute Gasteiger partial charge is 0.412 e. The zero-order valence-corrected chi connectivity index (χ0v) is 11.9. The van der Waals surface area contributed by atoms with Crippen LogP contribution in [-0.4, -0.2) is 49.1 Å². The zero-order valence-electron chi connectivity index (χ0n) is 11.9. The molecule has 6 nitrogen and oxygen atoms in total. The fourth-order valence-electron chi connectivity index (χ4n) is 2.20. The monoisotopic (exact) mass is 273 g/mol. The third kappa shape index (κ3) is 3.37. The van der Waals surface area contributed by atoms with Crippen molar-refractivity contribution < 1.29 is 23.8 Å². The molecule has 0 aliphatic carbocycles. The lowest BCUT2D eigenvalue weighted by Gasteiger charge is -2.34. The van der Waals surface area contributed by atoms with Crippen LogP contribution in [0.15, 0.2) is 0 Å². The molecule has 1 amide bonds. The molecule has 0 bridgehead atoms. The summed E-state index contributed by atoms with van der Waals surface area (Å²) in [5, 5.41) is 0. The van der Waals surface area contributed by atoms with Gasteiger partial charge >= 0.3 is 12.1 Å². The summed E-state index contributed by atoms with van der Waals surface area (Å²) in [6.45, 7) is 6.80. The van der Waals surface area contributed by atoms with Crippen LogP contribution in [0.4, 0.5) is 4.79 Å². The first-order valence-corrected chi connectivity index (χ1v) is 6.87. The van der Waals surface area contributed by atoms with Gasteiger partial charge < -0.3 is 14.2 Å². The molecule has 0 N–H and O–H groups in total. The van der Waals surface area contributed by atoms with Crippen molar-refractivity contribution in [2.24, 2.45) is 0 Å². The summed E-state index contributed by atoms with van der Waals surface area (Å²) in [6, 6.07) is 0. The van der Waals surface area contributed by atoms with Gasteiger partial charge in [0.2, 0.25) is 5.72 Å². The van der Waals surface area contributed by atoms with E-state index in [1.807, 2.05) is 6.92 Å². The van der Waals surface area contributed by atoms with Crippen LogP contribution in [0, 0.1) is 0 Å². The van der Waals surface area contributed by atoms with Crippen molar-refractivity contribution in [3.63, 3.8) is 0 Å². The van der Waals surface area contributed by atoms with Gasteiger partial charge in [-0.3, -0.25) is 4.90 Å². The highest BCUT2D eigenvalue weighted by molar-refractivity contribution is 5.85. The zero-order chi connectivity index (χ0) is 14.3. The van der Waals surface area contributed by atoms with Crippen LogP contribution in [0.5, 0.6) is 0 Å². The molecular weight excluding hydrogens is 250 g/mol. The van der Waals surface area contributed by atoms with Gasteiger partial charge in [-0.1, -0.05) is 6.92 Å². The van der Waals surface area contributed by atoms with Crippen LogP contribution in [0.25, 0.3) is 0 Å². The average Bonchev–Trinajstić information content (AvgIpc) is 2.81. The molecule has 19 heavy (non-hydrogen) atoms. The van der Waals surface area contributed by atoms with E-state index in [2.05, 4.69) is 0 Å². The minimum Gasteiger partial charge on any atom is -0.462 e. The molecule has 0 radical (unpaired) electrons. The normalized spacial score (nSPS) is 22.4. The number of esters is 1. The van der Waals surface area contributed by atoms with Gasteiger partial charge in [-0.15, -0.1) is 0 Å². The van der Waals surface area contributed by atoms with Crippen LogP contribution in [0.3, 0.4) is 0 Å². The number of rotatable bonds is 6. The number of hydrogen-bond acceptors (Lipinski definition) is 5. The number of ether oxygens (including phenoxy) is 3. The molecule has 0 saturated carbocycles. The SMILES string of the molecule is CCCOC(=O)[C@]1(OCC)CCCN1C(=O)OCC. The minimum atomic E-state index is -1.31. The maximum atomic E-state index is 12.2. The number of nitrogens with zero attached hydrogens (tertiary/aromatic N) is 1. The highest BCUT2D eigenvalue weighted by Crippen LogP contribution is 2.32. The van der Waals surface area contributed by atoms with Crippen molar-refractivity contribution in [3.05, 3.63) is 0 Å². The molecule has 1 heterocycles. The molecule has 0 spiro atoms. The Labute approximate surface area is 114 Å². The summed E-state index contributed by atoms with van der Waals surface area (Å²) in [4.78, 5) is 25.5. The van der Waals surface area contributed by atoms with E-state index < -0.39 is 17.8 Å². The maximum absolute atomic E-state index is 12.2. The van der Waals surface area contributed by atoms with Crippen molar-refractivity contribution in [1.82, 2.24) is 4.90 Å². The highest BCUT2D eigenvalue weighted by Gasteiger charge is 2.53. The molecule has 0 unspecified atom stereocenters. The summed E-state index contributed by atoms with van der Waals surface area (Å²) in [5.74, 6) is -0.498. The van der Waals surface area contributed by atoms with E-state index in [0.29, 0.717) is 32.6 Å². The summed E-state index contributed by atoms with van der Waals surface area (Å²) < 4.78 is 15.7. The number of likely N-dealkylation sites (tertiary alicyclic amines) is 1. The van der Waals surface area contributed by atoms with Crippen LogP contribution in [0.2, 0.25) is 0 Å². The number of amides is 1. The summed E-state index contributed by atoms with van der Waals surface area (Å²) in [7, 11) is 0. The third-order valence-corrected chi connectivity index (χ3v) is 2.96. The van der Waals surface area contributed by atoms with Gasteiger partial charge in [-0.25, -0.2) is 9.59 Å². The third-order valence-electron chi connectivity index (χ3n) is 2.96. The topological polar surface area (TPSA) is 65.1 Å².